The average molecular weight is 375 g/mol. The molecule has 0 amide bonds. The summed E-state index contributed by atoms with van der Waals surface area (Å²) < 4.78 is 14.6. The minimum absolute atomic E-state index is 0.0480. The summed E-state index contributed by atoms with van der Waals surface area (Å²) in [6.07, 6.45) is 0. The Hall–Kier alpha value is -0.550. The fourth-order valence-electron chi connectivity index (χ4n) is 1.83. The molecule has 0 aliphatic carbocycles. The van der Waals surface area contributed by atoms with Crippen LogP contribution >= 0.6 is 39.3 Å². The maximum absolute atomic E-state index is 14.1. The van der Waals surface area contributed by atoms with Crippen LogP contribution in [0.1, 0.15) is 11.6 Å². The van der Waals surface area contributed by atoms with Crippen molar-refractivity contribution in [3.05, 3.63) is 63.3 Å². The number of thioether (sulfide) groups is 1. The Morgan fingerprint density at radius 1 is 1.25 bits per heavy atom. The number of nitrogens with one attached hydrogen (secondary N) is 1. The molecule has 20 heavy (non-hydrogen) atoms. The van der Waals surface area contributed by atoms with E-state index in [2.05, 4.69) is 21.2 Å². The van der Waals surface area contributed by atoms with Gasteiger partial charge < -0.3 is 5.32 Å². The van der Waals surface area contributed by atoms with Crippen molar-refractivity contribution in [2.45, 2.75) is 10.9 Å². The highest BCUT2D eigenvalue weighted by Crippen LogP contribution is 2.29. The highest BCUT2D eigenvalue weighted by atomic mass is 79.9. The Labute approximate surface area is 136 Å². The van der Waals surface area contributed by atoms with Gasteiger partial charge in [-0.2, -0.15) is 0 Å². The number of hydrogen-bond acceptors (Lipinski definition) is 2. The zero-order valence-electron chi connectivity index (χ0n) is 10.9. The topological polar surface area (TPSA) is 12.0 Å². The Balaban J connectivity index is 2.09. The number of halogens is 3. The molecule has 0 bridgehead atoms. The van der Waals surface area contributed by atoms with Crippen molar-refractivity contribution in [3.63, 3.8) is 0 Å². The van der Waals surface area contributed by atoms with E-state index in [4.69, 9.17) is 11.6 Å². The fourth-order valence-corrected chi connectivity index (χ4v) is 3.37. The molecule has 0 aliphatic heterocycles. The Kier molecular flexibility index (Phi) is 5.90. The fraction of sp³-hybridized carbons (Fsp3) is 0.200. The van der Waals surface area contributed by atoms with Crippen LogP contribution in [-0.2, 0) is 0 Å². The molecule has 0 heterocycles. The Morgan fingerprint density at radius 2 is 1.95 bits per heavy atom. The van der Waals surface area contributed by atoms with Crippen LogP contribution in [0.15, 0.2) is 51.8 Å². The van der Waals surface area contributed by atoms with E-state index in [1.807, 2.05) is 43.4 Å². The normalized spacial score (nSPS) is 12.4. The van der Waals surface area contributed by atoms with Gasteiger partial charge in [0.15, 0.2) is 0 Å². The molecule has 0 spiro atoms. The SMILES string of the molecule is CNC(CSc1ccc(Cl)cc1)c1cccc(Br)c1F. The minimum Gasteiger partial charge on any atom is -0.312 e. The second-order valence-corrected chi connectivity index (χ2v) is 6.63. The van der Waals surface area contributed by atoms with E-state index in [9.17, 15) is 4.39 Å². The molecule has 2 rings (SSSR count). The second kappa shape index (κ2) is 7.46. The molecule has 2 aromatic rings. The summed E-state index contributed by atoms with van der Waals surface area (Å²) in [7, 11) is 1.84. The summed E-state index contributed by atoms with van der Waals surface area (Å²) in [4.78, 5) is 1.12. The van der Waals surface area contributed by atoms with Gasteiger partial charge in [0.05, 0.1) is 4.47 Å². The van der Waals surface area contributed by atoms with Crippen molar-refractivity contribution < 1.29 is 4.39 Å². The molecule has 1 N–H and O–H groups in total. The smallest absolute Gasteiger partial charge is 0.142 e. The molecule has 5 heteroatoms. The standard InChI is InChI=1S/C15H14BrClFNS/c1-19-14(12-3-2-4-13(16)15(12)18)9-20-11-7-5-10(17)6-8-11/h2-8,14,19H,9H2,1H3. The quantitative estimate of drug-likeness (QED) is 0.713. The van der Waals surface area contributed by atoms with Gasteiger partial charge in [-0.1, -0.05) is 23.7 Å². The van der Waals surface area contributed by atoms with Gasteiger partial charge in [-0.15, -0.1) is 11.8 Å². The molecule has 106 valence electrons. The van der Waals surface area contributed by atoms with Gasteiger partial charge in [0.2, 0.25) is 0 Å². The third-order valence-corrected chi connectivity index (χ3v) is 4.91. The summed E-state index contributed by atoms with van der Waals surface area (Å²) in [6, 6.07) is 13.0. The first-order chi connectivity index (χ1) is 9.61. The molecular weight excluding hydrogens is 361 g/mol. The first kappa shape index (κ1) is 15.8. The Morgan fingerprint density at radius 3 is 2.60 bits per heavy atom. The van der Waals surface area contributed by atoms with E-state index < -0.39 is 0 Å². The molecule has 1 unspecified atom stereocenters. The number of hydrogen-bond donors (Lipinski definition) is 1. The van der Waals surface area contributed by atoms with Crippen LogP contribution in [-0.4, -0.2) is 12.8 Å². The van der Waals surface area contributed by atoms with Gasteiger partial charge in [0, 0.05) is 27.3 Å². The van der Waals surface area contributed by atoms with Crippen LogP contribution in [0, 0.1) is 5.82 Å². The largest absolute Gasteiger partial charge is 0.312 e. The average Bonchev–Trinajstić information content (AvgIpc) is 2.45. The van der Waals surface area contributed by atoms with Gasteiger partial charge in [-0.3, -0.25) is 0 Å². The maximum Gasteiger partial charge on any atom is 0.142 e. The lowest BCUT2D eigenvalue weighted by atomic mass is 10.1. The van der Waals surface area contributed by atoms with Gasteiger partial charge in [0.1, 0.15) is 5.82 Å². The van der Waals surface area contributed by atoms with Crippen LogP contribution in [0.25, 0.3) is 0 Å². The van der Waals surface area contributed by atoms with E-state index in [1.54, 1.807) is 17.8 Å². The summed E-state index contributed by atoms with van der Waals surface area (Å²) in [5.41, 5.74) is 0.670. The van der Waals surface area contributed by atoms with E-state index in [1.165, 1.54) is 0 Å². The monoisotopic (exact) mass is 373 g/mol. The highest BCUT2D eigenvalue weighted by Gasteiger charge is 2.16. The van der Waals surface area contributed by atoms with Crippen LogP contribution in [0.3, 0.4) is 0 Å². The lowest BCUT2D eigenvalue weighted by Gasteiger charge is -2.17. The Bertz CT molecular complexity index is 577. The zero-order valence-corrected chi connectivity index (χ0v) is 14.0. The van der Waals surface area contributed by atoms with Gasteiger partial charge >= 0.3 is 0 Å². The van der Waals surface area contributed by atoms with Crippen LogP contribution < -0.4 is 5.32 Å². The van der Waals surface area contributed by atoms with Crippen molar-refractivity contribution in [2.75, 3.05) is 12.8 Å². The molecular formula is C15H14BrClFNS. The zero-order chi connectivity index (χ0) is 14.5. The predicted molar refractivity (Wildman–Crippen MR) is 88.1 cm³/mol. The van der Waals surface area contributed by atoms with Crippen LogP contribution in [0.4, 0.5) is 4.39 Å². The molecule has 0 saturated carbocycles. The van der Waals surface area contributed by atoms with Gasteiger partial charge in [-0.25, -0.2) is 4.39 Å². The molecule has 0 aromatic heterocycles. The first-order valence-electron chi connectivity index (χ1n) is 6.11. The van der Waals surface area contributed by atoms with Crippen molar-refractivity contribution >= 4 is 39.3 Å². The van der Waals surface area contributed by atoms with Crippen molar-refractivity contribution in [3.8, 4) is 0 Å². The maximum atomic E-state index is 14.1. The molecule has 1 atom stereocenters. The van der Waals surface area contributed by atoms with Crippen LogP contribution in [0.5, 0.6) is 0 Å². The van der Waals surface area contributed by atoms with E-state index >= 15 is 0 Å². The lowest BCUT2D eigenvalue weighted by Crippen LogP contribution is -2.20. The molecule has 2 aromatic carbocycles. The molecule has 0 aliphatic rings. The number of rotatable bonds is 5. The highest BCUT2D eigenvalue weighted by molar-refractivity contribution is 9.10. The second-order valence-electron chi connectivity index (χ2n) is 4.25. The van der Waals surface area contributed by atoms with Crippen LogP contribution in [0.2, 0.25) is 5.02 Å². The summed E-state index contributed by atoms with van der Waals surface area (Å²) in [5.74, 6) is 0.537. The first-order valence-corrected chi connectivity index (χ1v) is 8.27. The summed E-state index contributed by atoms with van der Waals surface area (Å²) in [6.45, 7) is 0. The third kappa shape index (κ3) is 3.98. The van der Waals surface area contributed by atoms with Gasteiger partial charge in [-0.05, 0) is 53.3 Å². The van der Waals surface area contributed by atoms with E-state index in [0.717, 1.165) is 15.7 Å². The summed E-state index contributed by atoms with van der Waals surface area (Å²) >= 11 is 10.8. The van der Waals surface area contributed by atoms with E-state index in [-0.39, 0.29) is 11.9 Å². The van der Waals surface area contributed by atoms with Crippen molar-refractivity contribution in [1.29, 1.82) is 0 Å². The summed E-state index contributed by atoms with van der Waals surface area (Å²) in [5, 5.41) is 3.88. The van der Waals surface area contributed by atoms with Crippen molar-refractivity contribution in [2.24, 2.45) is 0 Å². The number of benzene rings is 2. The third-order valence-electron chi connectivity index (χ3n) is 2.94. The van der Waals surface area contributed by atoms with E-state index in [0.29, 0.717) is 10.0 Å². The molecule has 0 fully saturated rings. The predicted octanol–water partition coefficient (Wildman–Crippen LogP) is 5.29. The molecule has 1 nitrogen and oxygen atoms in total. The lowest BCUT2D eigenvalue weighted by molar-refractivity contribution is 0.561. The molecule has 0 radical (unpaired) electrons. The van der Waals surface area contributed by atoms with Gasteiger partial charge in [0.25, 0.3) is 0 Å². The minimum atomic E-state index is -0.205. The molecule has 0 saturated heterocycles. The van der Waals surface area contributed by atoms with Crippen molar-refractivity contribution in [1.82, 2.24) is 5.32 Å².